The molecule has 12 rings (SSSR count). The van der Waals surface area contributed by atoms with Crippen LogP contribution in [0.5, 0.6) is 0 Å². The van der Waals surface area contributed by atoms with E-state index < -0.39 is 0 Å². The first-order valence-corrected chi connectivity index (χ1v) is 20.0. The summed E-state index contributed by atoms with van der Waals surface area (Å²) in [5.41, 5.74) is 8.75. The molecule has 0 saturated carbocycles. The van der Waals surface area contributed by atoms with Gasteiger partial charge in [0.25, 0.3) is 0 Å². The van der Waals surface area contributed by atoms with Crippen molar-refractivity contribution >= 4 is 64.9 Å². The SMILES string of the molecule is c1ccc(-c2nc(-c3ccc(-c4cc5c6ccccc6c6c(c7ccccc7n6-c6ccccc6)c5c5ccccc45)cc3)nc(-c3ccc4ccccc4c3)n2)cc1. The molecule has 0 fully saturated rings. The van der Waals surface area contributed by atoms with Crippen molar-refractivity contribution in [2.24, 2.45) is 0 Å². The van der Waals surface area contributed by atoms with Crippen LogP contribution in [-0.4, -0.2) is 19.5 Å². The third-order valence-corrected chi connectivity index (χ3v) is 11.8. The molecule has 274 valence electrons. The van der Waals surface area contributed by atoms with Gasteiger partial charge in [0.15, 0.2) is 17.5 Å². The molecule has 0 bridgehead atoms. The monoisotopic (exact) mass is 750 g/mol. The van der Waals surface area contributed by atoms with Crippen LogP contribution in [0.15, 0.2) is 206 Å². The molecular weight excluding hydrogens is 717 g/mol. The van der Waals surface area contributed by atoms with E-state index in [0.29, 0.717) is 17.5 Å². The highest BCUT2D eigenvalue weighted by atomic mass is 15.0. The van der Waals surface area contributed by atoms with Gasteiger partial charge in [-0.15, -0.1) is 0 Å². The Morgan fingerprint density at radius 1 is 0.305 bits per heavy atom. The van der Waals surface area contributed by atoms with Crippen molar-refractivity contribution in [3.8, 4) is 51.0 Å². The normalized spacial score (nSPS) is 11.7. The van der Waals surface area contributed by atoms with Gasteiger partial charge in [-0.25, -0.2) is 15.0 Å². The minimum absolute atomic E-state index is 0.639. The van der Waals surface area contributed by atoms with Crippen molar-refractivity contribution in [3.63, 3.8) is 0 Å². The Morgan fingerprint density at radius 3 is 1.58 bits per heavy atom. The number of hydrogen-bond donors (Lipinski definition) is 0. The Labute approximate surface area is 340 Å². The third kappa shape index (κ3) is 5.34. The van der Waals surface area contributed by atoms with Crippen molar-refractivity contribution in [1.82, 2.24) is 19.5 Å². The van der Waals surface area contributed by atoms with Gasteiger partial charge in [-0.3, -0.25) is 0 Å². The Kier molecular flexibility index (Phi) is 7.50. The maximum atomic E-state index is 5.09. The highest BCUT2D eigenvalue weighted by Gasteiger charge is 2.22. The summed E-state index contributed by atoms with van der Waals surface area (Å²) in [6.45, 7) is 0. The summed E-state index contributed by atoms with van der Waals surface area (Å²) >= 11 is 0. The van der Waals surface area contributed by atoms with Gasteiger partial charge in [0.05, 0.1) is 11.0 Å². The average molecular weight is 751 g/mol. The van der Waals surface area contributed by atoms with E-state index in [2.05, 4.69) is 180 Å². The predicted octanol–water partition coefficient (Wildman–Crippen LogP) is 14.2. The lowest BCUT2D eigenvalue weighted by Gasteiger charge is -2.16. The number of rotatable bonds is 5. The fourth-order valence-electron chi connectivity index (χ4n) is 9.09. The Balaban J connectivity index is 1.06. The van der Waals surface area contributed by atoms with Crippen molar-refractivity contribution in [1.29, 1.82) is 0 Å². The number of fused-ring (bicyclic) bond motifs is 11. The predicted molar refractivity (Wildman–Crippen MR) is 246 cm³/mol. The average Bonchev–Trinajstić information content (AvgIpc) is 3.67. The van der Waals surface area contributed by atoms with Crippen molar-refractivity contribution < 1.29 is 0 Å². The molecule has 4 heteroatoms. The van der Waals surface area contributed by atoms with Gasteiger partial charge >= 0.3 is 0 Å². The van der Waals surface area contributed by atoms with Crippen molar-refractivity contribution in [2.75, 3.05) is 0 Å². The highest BCUT2D eigenvalue weighted by molar-refractivity contribution is 6.38. The number of nitrogens with zero attached hydrogens (tertiary/aromatic N) is 4. The molecule has 4 nitrogen and oxygen atoms in total. The van der Waals surface area contributed by atoms with Gasteiger partial charge < -0.3 is 4.57 Å². The zero-order chi connectivity index (χ0) is 38.9. The van der Waals surface area contributed by atoms with Crippen LogP contribution in [0.3, 0.4) is 0 Å². The van der Waals surface area contributed by atoms with E-state index in [9.17, 15) is 0 Å². The number of aromatic nitrogens is 4. The third-order valence-electron chi connectivity index (χ3n) is 11.8. The molecule has 0 unspecified atom stereocenters. The zero-order valence-corrected chi connectivity index (χ0v) is 31.9. The van der Waals surface area contributed by atoms with Crippen LogP contribution in [0.1, 0.15) is 0 Å². The molecule has 0 radical (unpaired) electrons. The molecule has 59 heavy (non-hydrogen) atoms. The maximum absolute atomic E-state index is 5.09. The Bertz CT molecular complexity index is 3590. The molecule has 0 N–H and O–H groups in total. The van der Waals surface area contributed by atoms with Gasteiger partial charge in [-0.2, -0.15) is 0 Å². The van der Waals surface area contributed by atoms with E-state index in [4.69, 9.17) is 15.0 Å². The summed E-state index contributed by atoms with van der Waals surface area (Å²) in [5.74, 6) is 1.94. The molecule has 2 aromatic heterocycles. The van der Waals surface area contributed by atoms with Gasteiger partial charge in [0.1, 0.15) is 0 Å². The van der Waals surface area contributed by atoms with Crippen LogP contribution in [0.25, 0.3) is 116 Å². The smallest absolute Gasteiger partial charge is 0.164 e. The van der Waals surface area contributed by atoms with Gasteiger partial charge in [-0.05, 0) is 73.8 Å². The van der Waals surface area contributed by atoms with E-state index in [1.165, 1.54) is 65.1 Å². The lowest BCUT2D eigenvalue weighted by atomic mass is 9.88. The van der Waals surface area contributed by atoms with Crippen LogP contribution in [0, 0.1) is 0 Å². The van der Waals surface area contributed by atoms with E-state index in [1.807, 2.05) is 30.3 Å². The molecule has 10 aromatic carbocycles. The summed E-state index contributed by atoms with van der Waals surface area (Å²) in [4.78, 5) is 15.1. The number of benzene rings is 10. The maximum Gasteiger partial charge on any atom is 0.164 e. The Morgan fingerprint density at radius 2 is 0.831 bits per heavy atom. The van der Waals surface area contributed by atoms with Crippen LogP contribution in [-0.2, 0) is 0 Å². The molecule has 0 spiro atoms. The van der Waals surface area contributed by atoms with Crippen molar-refractivity contribution in [2.45, 2.75) is 0 Å². The van der Waals surface area contributed by atoms with Crippen molar-refractivity contribution in [3.05, 3.63) is 206 Å². The summed E-state index contributed by atoms with van der Waals surface area (Å²) < 4.78 is 2.45. The topological polar surface area (TPSA) is 43.6 Å². The fraction of sp³-hybridized carbons (Fsp3) is 0. The Hall–Kier alpha value is -7.95. The molecule has 0 atom stereocenters. The highest BCUT2D eigenvalue weighted by Crippen LogP contribution is 2.47. The quantitative estimate of drug-likeness (QED) is 0.165. The van der Waals surface area contributed by atoms with E-state index in [-0.39, 0.29) is 0 Å². The molecule has 0 aliphatic heterocycles. The largest absolute Gasteiger partial charge is 0.309 e. The summed E-state index contributed by atoms with van der Waals surface area (Å²) in [6, 6.07) is 73.4. The first-order chi connectivity index (χ1) is 29.3. The van der Waals surface area contributed by atoms with E-state index in [0.717, 1.165) is 33.3 Å². The molecule has 0 aliphatic carbocycles. The van der Waals surface area contributed by atoms with Crippen LogP contribution in [0.2, 0.25) is 0 Å². The second kappa shape index (κ2) is 13.3. The second-order valence-electron chi connectivity index (χ2n) is 15.2. The lowest BCUT2D eigenvalue weighted by molar-refractivity contribution is 1.07. The lowest BCUT2D eigenvalue weighted by Crippen LogP contribution is -2.00. The fourth-order valence-corrected chi connectivity index (χ4v) is 9.09. The van der Waals surface area contributed by atoms with E-state index >= 15 is 0 Å². The van der Waals surface area contributed by atoms with Crippen LogP contribution >= 0.6 is 0 Å². The second-order valence-corrected chi connectivity index (χ2v) is 15.2. The van der Waals surface area contributed by atoms with Gasteiger partial charge in [0.2, 0.25) is 0 Å². The molecule has 12 aromatic rings. The number of para-hydroxylation sites is 2. The molecular formula is C55H34N4. The van der Waals surface area contributed by atoms with Gasteiger partial charge in [0, 0.05) is 43.9 Å². The minimum Gasteiger partial charge on any atom is -0.309 e. The summed E-state index contributed by atoms with van der Waals surface area (Å²) in [7, 11) is 0. The molecule has 0 saturated heterocycles. The van der Waals surface area contributed by atoms with Gasteiger partial charge in [-0.1, -0.05) is 176 Å². The van der Waals surface area contributed by atoms with Crippen LogP contribution in [0.4, 0.5) is 0 Å². The first kappa shape index (κ1) is 33.2. The van der Waals surface area contributed by atoms with Crippen LogP contribution < -0.4 is 0 Å². The standard InChI is InChI=1S/C55H34N4/c1-3-16-37(17-4-1)53-56-54(58-55(57-53)40-32-27-35-15-7-8-18-39(35)33-40)38-30-28-36(29-31-38)47-34-48-43-22-10-12-24-45(43)52-51(50(48)44-23-11-9-21-42(44)47)46-25-13-14-26-49(46)59(52)41-19-5-2-6-20-41/h1-34H. The molecule has 2 heterocycles. The molecule has 0 amide bonds. The number of hydrogen-bond acceptors (Lipinski definition) is 3. The minimum atomic E-state index is 0.639. The zero-order valence-electron chi connectivity index (χ0n) is 31.9. The van der Waals surface area contributed by atoms with E-state index in [1.54, 1.807) is 0 Å². The summed E-state index contributed by atoms with van der Waals surface area (Å²) in [5, 5.41) is 12.3. The molecule has 0 aliphatic rings. The first-order valence-electron chi connectivity index (χ1n) is 20.0. The summed E-state index contributed by atoms with van der Waals surface area (Å²) in [6.07, 6.45) is 0.